The van der Waals surface area contributed by atoms with E-state index in [1.165, 1.54) is 0 Å². The number of hydrogen-bond donors (Lipinski definition) is 1. The first kappa shape index (κ1) is 16.3. The van der Waals surface area contributed by atoms with Crippen molar-refractivity contribution in [1.29, 1.82) is 0 Å². The van der Waals surface area contributed by atoms with Gasteiger partial charge in [0.1, 0.15) is 0 Å². The van der Waals surface area contributed by atoms with Crippen molar-refractivity contribution in [3.8, 4) is 0 Å². The van der Waals surface area contributed by atoms with E-state index in [9.17, 15) is 8.42 Å². The summed E-state index contributed by atoms with van der Waals surface area (Å²) in [5.41, 5.74) is 0. The Morgan fingerprint density at radius 3 is 2.07 bits per heavy atom. The predicted molar refractivity (Wildman–Crippen MR) is 57.6 cm³/mol. The van der Waals surface area contributed by atoms with E-state index in [4.69, 9.17) is 4.55 Å². The molecule has 5 heteroatoms. The van der Waals surface area contributed by atoms with Crippen molar-refractivity contribution in [3.05, 3.63) is 0 Å². The van der Waals surface area contributed by atoms with Crippen LogP contribution in [-0.2, 0) is 14.6 Å². The Morgan fingerprint density at radius 2 is 1.79 bits per heavy atom. The smallest absolute Gasteiger partial charge is 0.264 e. The van der Waals surface area contributed by atoms with Crippen LogP contribution in [-0.4, -0.2) is 19.1 Å². The van der Waals surface area contributed by atoms with Gasteiger partial charge < -0.3 is 0 Å². The maximum Gasteiger partial charge on any atom is 0.397 e. The lowest BCUT2D eigenvalue weighted by Crippen LogP contribution is -2.16. The zero-order valence-corrected chi connectivity index (χ0v) is 10.3. The van der Waals surface area contributed by atoms with E-state index in [1.54, 1.807) is 0 Å². The summed E-state index contributed by atoms with van der Waals surface area (Å²) in [6.45, 7) is 7.84. The first-order valence-corrected chi connectivity index (χ1v) is 6.51. The van der Waals surface area contributed by atoms with Crippen LogP contribution in [0.1, 0.15) is 53.4 Å². The summed E-state index contributed by atoms with van der Waals surface area (Å²) >= 11 is 0. The molecule has 0 radical (unpaired) electrons. The Morgan fingerprint density at radius 1 is 1.29 bits per heavy atom. The Kier molecular flexibility index (Phi) is 11.0. The third-order valence-corrected chi connectivity index (χ3v) is 2.11. The molecule has 0 amide bonds. The van der Waals surface area contributed by atoms with Gasteiger partial charge in [-0.05, 0) is 12.8 Å². The molecule has 0 aromatic heterocycles. The molecule has 0 aliphatic heterocycles. The molecule has 0 saturated carbocycles. The fraction of sp³-hybridized carbons (Fsp3) is 1.00. The Bertz CT molecular complexity index is 199. The molecule has 0 fully saturated rings. The van der Waals surface area contributed by atoms with Crippen LogP contribution in [0.3, 0.4) is 0 Å². The summed E-state index contributed by atoms with van der Waals surface area (Å²) in [6, 6.07) is 0. The van der Waals surface area contributed by atoms with Gasteiger partial charge in [0, 0.05) is 0 Å². The molecule has 4 nitrogen and oxygen atoms in total. The number of unbranched alkanes of at least 4 members (excludes halogenated alkanes) is 1. The first-order chi connectivity index (χ1) is 6.49. The highest BCUT2D eigenvalue weighted by Crippen LogP contribution is 2.10. The highest BCUT2D eigenvalue weighted by Gasteiger charge is 2.14. The topological polar surface area (TPSA) is 63.6 Å². The quantitative estimate of drug-likeness (QED) is 0.707. The molecule has 0 aliphatic carbocycles. The van der Waals surface area contributed by atoms with E-state index in [0.717, 1.165) is 12.8 Å². The van der Waals surface area contributed by atoms with Crippen LogP contribution < -0.4 is 0 Å². The maximum atomic E-state index is 10.3. The Hall–Kier alpha value is -0.130. The van der Waals surface area contributed by atoms with Crippen molar-refractivity contribution in [2.45, 2.75) is 59.5 Å². The van der Waals surface area contributed by atoms with Crippen molar-refractivity contribution in [2.24, 2.45) is 0 Å². The molecule has 14 heavy (non-hydrogen) atoms. The maximum absolute atomic E-state index is 10.3. The summed E-state index contributed by atoms with van der Waals surface area (Å²) in [6.07, 6.45) is 2.80. The highest BCUT2D eigenvalue weighted by molar-refractivity contribution is 7.80. The van der Waals surface area contributed by atoms with Crippen LogP contribution >= 0.6 is 0 Å². The van der Waals surface area contributed by atoms with Crippen LogP contribution in [0, 0.1) is 0 Å². The zero-order valence-electron chi connectivity index (χ0n) is 9.49. The van der Waals surface area contributed by atoms with E-state index in [-0.39, 0.29) is 6.10 Å². The minimum Gasteiger partial charge on any atom is -0.264 e. The number of rotatable bonds is 6. The van der Waals surface area contributed by atoms with Crippen molar-refractivity contribution < 1.29 is 17.2 Å². The fourth-order valence-corrected chi connectivity index (χ4v) is 1.50. The molecule has 1 unspecified atom stereocenters. The Balaban J connectivity index is 0. The van der Waals surface area contributed by atoms with Gasteiger partial charge in [-0.2, -0.15) is 8.42 Å². The molecule has 0 spiro atoms. The second-order valence-corrected chi connectivity index (χ2v) is 3.74. The molecule has 88 valence electrons. The first-order valence-electron chi connectivity index (χ1n) is 5.15. The van der Waals surface area contributed by atoms with Crippen molar-refractivity contribution in [3.63, 3.8) is 0 Å². The van der Waals surface area contributed by atoms with Gasteiger partial charge in [-0.1, -0.05) is 40.5 Å². The Labute approximate surface area is 87.6 Å². The van der Waals surface area contributed by atoms with E-state index in [0.29, 0.717) is 12.8 Å². The molecular formula is C9H22O4S. The van der Waals surface area contributed by atoms with Gasteiger partial charge in [-0.15, -0.1) is 0 Å². The molecule has 0 bridgehead atoms. The summed E-state index contributed by atoms with van der Waals surface area (Å²) in [5.74, 6) is 0. The summed E-state index contributed by atoms with van der Waals surface area (Å²) in [7, 11) is -4.27. The molecule has 0 saturated heterocycles. The van der Waals surface area contributed by atoms with Gasteiger partial charge in [0.15, 0.2) is 0 Å². The third kappa shape index (κ3) is 11.9. The van der Waals surface area contributed by atoms with Crippen molar-refractivity contribution in [2.75, 3.05) is 0 Å². The van der Waals surface area contributed by atoms with E-state index >= 15 is 0 Å². The molecular weight excluding hydrogens is 204 g/mol. The molecule has 0 aliphatic rings. The highest BCUT2D eigenvalue weighted by atomic mass is 32.3. The van der Waals surface area contributed by atoms with Gasteiger partial charge in [0.25, 0.3) is 0 Å². The van der Waals surface area contributed by atoms with Crippen molar-refractivity contribution in [1.82, 2.24) is 0 Å². The molecule has 0 rings (SSSR count). The van der Waals surface area contributed by atoms with Gasteiger partial charge in [-0.25, -0.2) is 4.18 Å². The van der Waals surface area contributed by atoms with Gasteiger partial charge >= 0.3 is 10.4 Å². The normalized spacial score (nSPS) is 12.9. The van der Waals surface area contributed by atoms with E-state index < -0.39 is 10.4 Å². The fourth-order valence-electron chi connectivity index (χ4n) is 0.924. The molecule has 1 atom stereocenters. The van der Waals surface area contributed by atoms with E-state index in [1.807, 2.05) is 27.7 Å². The second-order valence-electron chi connectivity index (χ2n) is 2.70. The van der Waals surface area contributed by atoms with E-state index in [2.05, 4.69) is 4.18 Å². The molecule has 1 N–H and O–H groups in total. The average molecular weight is 226 g/mol. The van der Waals surface area contributed by atoms with Crippen molar-refractivity contribution >= 4 is 10.4 Å². The summed E-state index contributed by atoms with van der Waals surface area (Å²) in [5, 5.41) is 0. The van der Waals surface area contributed by atoms with Crippen LogP contribution in [0.2, 0.25) is 0 Å². The SMILES string of the molecule is CC.CCCCC(CC)OS(=O)(=O)O. The second kappa shape index (κ2) is 9.43. The third-order valence-electron chi connectivity index (χ3n) is 1.59. The minimum absolute atomic E-state index is 0.375. The standard InChI is InChI=1S/C7H16O4S.C2H6/c1-3-5-6-7(4-2)11-12(8,9)10;1-2/h7H,3-6H2,1-2H3,(H,8,9,10);1-2H3. The molecule has 0 heterocycles. The lowest BCUT2D eigenvalue weighted by molar-refractivity contribution is 0.166. The van der Waals surface area contributed by atoms with Gasteiger partial charge in [0.2, 0.25) is 0 Å². The summed E-state index contributed by atoms with van der Waals surface area (Å²) < 4.78 is 33.4. The number of hydrogen-bond acceptors (Lipinski definition) is 3. The lowest BCUT2D eigenvalue weighted by atomic mass is 10.1. The van der Waals surface area contributed by atoms with Gasteiger partial charge in [0.05, 0.1) is 6.10 Å². The minimum atomic E-state index is -4.27. The van der Waals surface area contributed by atoms with Crippen LogP contribution in [0.15, 0.2) is 0 Å². The predicted octanol–water partition coefficient (Wildman–Crippen LogP) is 2.80. The zero-order chi connectivity index (χ0) is 11.6. The van der Waals surface area contributed by atoms with Crippen LogP contribution in [0.5, 0.6) is 0 Å². The lowest BCUT2D eigenvalue weighted by Gasteiger charge is -2.11. The largest absolute Gasteiger partial charge is 0.397 e. The molecule has 0 aromatic rings. The average Bonchev–Trinajstić information content (AvgIpc) is 2.14. The molecule has 0 aromatic carbocycles. The monoisotopic (exact) mass is 226 g/mol. The van der Waals surface area contributed by atoms with Gasteiger partial charge in [-0.3, -0.25) is 4.55 Å². The van der Waals surface area contributed by atoms with Crippen LogP contribution in [0.25, 0.3) is 0 Å². The van der Waals surface area contributed by atoms with Crippen LogP contribution in [0.4, 0.5) is 0 Å². The summed E-state index contributed by atoms with van der Waals surface area (Å²) in [4.78, 5) is 0.